The number of aryl methyl sites for hydroxylation is 2. The molecule has 3 aromatic rings. The molecular formula is C32H38N8O3S. The normalized spacial score (nSPS) is 18.7. The number of aromatic nitrogens is 2. The lowest BCUT2D eigenvalue weighted by molar-refractivity contribution is -0.133. The number of thiocarbonyl (C=S) groups is 1. The maximum Gasteiger partial charge on any atom is 0.318 e. The number of para-hydroxylation sites is 2. The summed E-state index contributed by atoms with van der Waals surface area (Å²) in [7, 11) is 3.93. The topological polar surface area (TPSA) is 106 Å². The Bertz CT molecular complexity index is 1620. The van der Waals surface area contributed by atoms with Crippen LogP contribution in [0.25, 0.3) is 0 Å². The van der Waals surface area contributed by atoms with Crippen LogP contribution in [0.5, 0.6) is 0 Å². The van der Waals surface area contributed by atoms with Gasteiger partial charge in [0.2, 0.25) is 0 Å². The van der Waals surface area contributed by atoms with Gasteiger partial charge in [0.15, 0.2) is 0 Å². The Hall–Kier alpha value is -4.29. The molecule has 0 radical (unpaired) electrons. The molecule has 4 heterocycles. The first-order valence-electron chi connectivity index (χ1n) is 15.0. The van der Waals surface area contributed by atoms with Gasteiger partial charge in [-0.05, 0) is 68.8 Å². The maximum atomic E-state index is 13.9. The highest BCUT2D eigenvalue weighted by atomic mass is 32.1. The van der Waals surface area contributed by atoms with E-state index in [1.165, 1.54) is 0 Å². The molecule has 2 saturated heterocycles. The largest absolute Gasteiger partial charge is 0.339 e. The van der Waals surface area contributed by atoms with Gasteiger partial charge in [0.05, 0.1) is 24.1 Å². The average molecular weight is 615 g/mol. The molecule has 12 heteroatoms. The molecule has 2 N–H and O–H groups in total. The van der Waals surface area contributed by atoms with Gasteiger partial charge in [-0.2, -0.15) is 5.10 Å². The summed E-state index contributed by atoms with van der Waals surface area (Å²) in [6, 6.07) is 12.3. The Kier molecular flexibility index (Phi) is 8.37. The number of urea groups is 1. The van der Waals surface area contributed by atoms with Crippen LogP contribution in [0.1, 0.15) is 39.9 Å². The molecule has 0 saturated carbocycles. The molecule has 44 heavy (non-hydrogen) atoms. The molecule has 4 amide bonds. The van der Waals surface area contributed by atoms with E-state index in [4.69, 9.17) is 12.2 Å². The quantitative estimate of drug-likeness (QED) is 0.434. The Labute approximate surface area is 262 Å². The molecule has 2 aromatic carbocycles. The number of carbonyl (C=O) groups is 3. The van der Waals surface area contributed by atoms with Gasteiger partial charge in [0.25, 0.3) is 11.8 Å². The Morgan fingerprint density at radius 2 is 1.86 bits per heavy atom. The molecule has 0 unspecified atom stereocenters. The van der Waals surface area contributed by atoms with E-state index >= 15 is 0 Å². The van der Waals surface area contributed by atoms with Crippen LogP contribution in [0.3, 0.4) is 0 Å². The van der Waals surface area contributed by atoms with E-state index in [0.29, 0.717) is 43.0 Å². The lowest BCUT2D eigenvalue weighted by atomic mass is 10.0. The molecule has 3 aliphatic heterocycles. The van der Waals surface area contributed by atoms with Crippen LogP contribution >= 0.6 is 12.2 Å². The van der Waals surface area contributed by atoms with Gasteiger partial charge >= 0.3 is 6.03 Å². The number of likely N-dealkylation sites (tertiary alicyclic amines) is 1. The zero-order chi connectivity index (χ0) is 31.0. The van der Waals surface area contributed by atoms with Gasteiger partial charge in [-0.1, -0.05) is 30.4 Å². The van der Waals surface area contributed by atoms with Crippen molar-refractivity contribution in [1.29, 1.82) is 0 Å². The summed E-state index contributed by atoms with van der Waals surface area (Å²) < 4.78 is 1.77. The molecule has 1 atom stereocenters. The van der Waals surface area contributed by atoms with Gasteiger partial charge in [-0.3, -0.25) is 14.3 Å². The van der Waals surface area contributed by atoms with Gasteiger partial charge in [0, 0.05) is 55.8 Å². The smallest absolute Gasteiger partial charge is 0.318 e. The summed E-state index contributed by atoms with van der Waals surface area (Å²) in [6.07, 6.45) is 3.22. The van der Waals surface area contributed by atoms with E-state index in [1.807, 2.05) is 55.3 Å². The van der Waals surface area contributed by atoms with E-state index in [-0.39, 0.29) is 24.4 Å². The van der Waals surface area contributed by atoms with Crippen molar-refractivity contribution in [1.82, 2.24) is 29.8 Å². The van der Waals surface area contributed by atoms with Crippen LogP contribution in [-0.2, 0) is 24.9 Å². The van der Waals surface area contributed by atoms with Gasteiger partial charge in [-0.25, -0.2) is 4.79 Å². The SMILES string of the molecule is Cc1cc(C(=O)N2Cc3cnn(C)c3Nc3ccccc32)ccc1CNC(=O)N1CCC(=S)[C@H]1C(=O)N1CCCN(C)CC1. The number of fused-ring (bicyclic) bond motifs is 2. The monoisotopic (exact) mass is 614 g/mol. The molecule has 0 spiro atoms. The number of nitrogens with zero attached hydrogens (tertiary/aromatic N) is 6. The Morgan fingerprint density at radius 3 is 2.68 bits per heavy atom. The van der Waals surface area contributed by atoms with Crippen LogP contribution in [0, 0.1) is 6.92 Å². The molecule has 0 bridgehead atoms. The minimum Gasteiger partial charge on any atom is -0.339 e. The fourth-order valence-corrected chi connectivity index (χ4v) is 6.51. The van der Waals surface area contributed by atoms with E-state index in [1.54, 1.807) is 26.7 Å². The van der Waals surface area contributed by atoms with Crippen LogP contribution < -0.4 is 15.5 Å². The van der Waals surface area contributed by atoms with E-state index in [2.05, 4.69) is 27.7 Å². The van der Waals surface area contributed by atoms with E-state index in [0.717, 1.165) is 53.4 Å². The molecule has 3 aliphatic rings. The number of hydrogen-bond donors (Lipinski definition) is 2. The fourth-order valence-electron chi connectivity index (χ4n) is 6.19. The Morgan fingerprint density at radius 1 is 1.05 bits per heavy atom. The van der Waals surface area contributed by atoms with Crippen molar-refractivity contribution >= 4 is 52.1 Å². The van der Waals surface area contributed by atoms with Crippen molar-refractivity contribution in [2.75, 3.05) is 50.0 Å². The van der Waals surface area contributed by atoms with Crippen LogP contribution in [0.4, 0.5) is 22.0 Å². The van der Waals surface area contributed by atoms with Crippen molar-refractivity contribution in [2.24, 2.45) is 7.05 Å². The Balaban J connectivity index is 1.14. The second-order valence-corrected chi connectivity index (χ2v) is 12.3. The number of likely N-dealkylation sites (N-methyl/N-ethyl adjacent to an activating group) is 1. The number of benzene rings is 2. The summed E-state index contributed by atoms with van der Waals surface area (Å²) in [6.45, 7) is 6.07. The first-order valence-corrected chi connectivity index (χ1v) is 15.4. The molecular weight excluding hydrogens is 576 g/mol. The zero-order valence-corrected chi connectivity index (χ0v) is 26.2. The van der Waals surface area contributed by atoms with Crippen molar-refractivity contribution in [3.05, 3.63) is 70.9 Å². The minimum absolute atomic E-state index is 0.0827. The number of carbonyl (C=O) groups excluding carboxylic acids is 3. The first-order chi connectivity index (χ1) is 21.2. The summed E-state index contributed by atoms with van der Waals surface area (Å²) in [5, 5.41) is 10.8. The summed E-state index contributed by atoms with van der Waals surface area (Å²) in [4.78, 5) is 48.7. The zero-order valence-electron chi connectivity index (χ0n) is 25.4. The standard InChI is InChI=1S/C32H38N8O3S/c1-21-17-22(30(41)40-20-24-19-34-37(3)29(24)35-25-7-4-5-8-26(25)40)9-10-23(21)18-33-32(43)39-14-11-27(44)28(39)31(42)38-13-6-12-36(2)15-16-38/h4-5,7-10,17,19,28,35H,6,11-16,18,20H2,1-3H3,(H,33,43)/t28-/m0/s1. The number of anilines is 3. The number of amides is 4. The van der Waals surface area contributed by atoms with Crippen molar-refractivity contribution in [3.63, 3.8) is 0 Å². The highest BCUT2D eigenvalue weighted by molar-refractivity contribution is 7.80. The van der Waals surface area contributed by atoms with Crippen LogP contribution in [0.2, 0.25) is 0 Å². The molecule has 230 valence electrons. The minimum atomic E-state index is -0.708. The van der Waals surface area contributed by atoms with Crippen LogP contribution in [-0.4, -0.2) is 93.0 Å². The maximum absolute atomic E-state index is 13.9. The third kappa shape index (κ3) is 5.79. The van der Waals surface area contributed by atoms with Gasteiger partial charge < -0.3 is 30.2 Å². The molecule has 6 rings (SSSR count). The van der Waals surface area contributed by atoms with Crippen LogP contribution in [0.15, 0.2) is 48.7 Å². The van der Waals surface area contributed by atoms with E-state index < -0.39 is 6.04 Å². The fraction of sp³-hybridized carbons (Fsp3) is 0.406. The summed E-state index contributed by atoms with van der Waals surface area (Å²) in [5.41, 5.74) is 4.89. The summed E-state index contributed by atoms with van der Waals surface area (Å²) >= 11 is 5.56. The van der Waals surface area contributed by atoms with Crippen molar-refractivity contribution in [3.8, 4) is 0 Å². The average Bonchev–Trinajstić information content (AvgIpc) is 3.41. The van der Waals surface area contributed by atoms with Crippen molar-refractivity contribution < 1.29 is 14.4 Å². The first kappa shape index (κ1) is 29.8. The molecule has 2 fully saturated rings. The molecule has 11 nitrogen and oxygen atoms in total. The van der Waals surface area contributed by atoms with Gasteiger partial charge in [-0.15, -0.1) is 0 Å². The predicted octanol–water partition coefficient (Wildman–Crippen LogP) is 3.45. The molecule has 1 aromatic heterocycles. The second-order valence-electron chi connectivity index (χ2n) is 11.8. The number of nitrogens with one attached hydrogen (secondary N) is 2. The number of rotatable bonds is 4. The lowest BCUT2D eigenvalue weighted by Crippen LogP contribution is -2.53. The highest BCUT2D eigenvalue weighted by Crippen LogP contribution is 2.36. The van der Waals surface area contributed by atoms with Gasteiger partial charge in [0.1, 0.15) is 11.9 Å². The van der Waals surface area contributed by atoms with E-state index in [9.17, 15) is 14.4 Å². The molecule has 0 aliphatic carbocycles. The summed E-state index contributed by atoms with van der Waals surface area (Å²) in [5.74, 6) is 0.652. The highest BCUT2D eigenvalue weighted by Gasteiger charge is 2.40. The predicted molar refractivity (Wildman–Crippen MR) is 173 cm³/mol. The third-order valence-corrected chi connectivity index (χ3v) is 9.22. The lowest BCUT2D eigenvalue weighted by Gasteiger charge is -2.29. The number of hydrogen-bond acceptors (Lipinski definition) is 7. The third-order valence-electron chi connectivity index (χ3n) is 8.80. The van der Waals surface area contributed by atoms with Crippen molar-refractivity contribution in [2.45, 2.75) is 38.9 Å². The second kappa shape index (κ2) is 12.4.